The lowest BCUT2D eigenvalue weighted by Gasteiger charge is -2.22. The van der Waals surface area contributed by atoms with E-state index in [1.54, 1.807) is 0 Å². The van der Waals surface area contributed by atoms with Crippen LogP contribution in [0.5, 0.6) is 0 Å². The summed E-state index contributed by atoms with van der Waals surface area (Å²) in [4.78, 5) is 0. The van der Waals surface area contributed by atoms with Crippen LogP contribution in [-0.4, -0.2) is 13.1 Å². The van der Waals surface area contributed by atoms with Gasteiger partial charge in [-0.05, 0) is 56.0 Å². The molecular weight excluding hydrogens is 220 g/mol. The van der Waals surface area contributed by atoms with Gasteiger partial charge in [0.1, 0.15) is 0 Å². The number of nitrogens with one attached hydrogen (secondary N) is 1. The zero-order valence-electron chi connectivity index (χ0n) is 9.45. The molecule has 0 amide bonds. The Labute approximate surface area is 102 Å². The molecule has 3 N–H and O–H groups in total. The molecule has 1 aromatic rings. The highest BCUT2D eigenvalue weighted by Gasteiger charge is 2.20. The van der Waals surface area contributed by atoms with Gasteiger partial charge in [0.15, 0.2) is 0 Å². The van der Waals surface area contributed by atoms with E-state index in [4.69, 9.17) is 17.3 Å². The van der Waals surface area contributed by atoms with Crippen molar-refractivity contribution in [2.45, 2.75) is 25.3 Å². The Bertz CT molecular complexity index is 315. The molecule has 1 fully saturated rings. The van der Waals surface area contributed by atoms with Crippen molar-refractivity contribution in [3.63, 3.8) is 0 Å². The summed E-state index contributed by atoms with van der Waals surface area (Å²) in [5.41, 5.74) is 7.52. The first-order valence-electron chi connectivity index (χ1n) is 5.99. The molecule has 88 valence electrons. The molecule has 2 atom stereocenters. The molecule has 0 spiro atoms. The molecule has 2 unspecified atom stereocenters. The molecule has 0 aromatic heterocycles. The Hall–Kier alpha value is -0.570. The van der Waals surface area contributed by atoms with E-state index >= 15 is 0 Å². The molecule has 0 aliphatic carbocycles. The van der Waals surface area contributed by atoms with E-state index in [0.717, 1.165) is 18.1 Å². The quantitative estimate of drug-likeness (QED) is 0.832. The third kappa shape index (κ3) is 2.97. The number of hydrogen-bond acceptors (Lipinski definition) is 2. The largest absolute Gasteiger partial charge is 0.324 e. The van der Waals surface area contributed by atoms with Gasteiger partial charge in [0.25, 0.3) is 0 Å². The average Bonchev–Trinajstić information content (AvgIpc) is 2.57. The monoisotopic (exact) mass is 238 g/mol. The van der Waals surface area contributed by atoms with Crippen LogP contribution in [-0.2, 0) is 0 Å². The zero-order chi connectivity index (χ0) is 11.4. The highest BCUT2D eigenvalue weighted by molar-refractivity contribution is 6.30. The second-order valence-electron chi connectivity index (χ2n) is 4.52. The van der Waals surface area contributed by atoms with Gasteiger partial charge in [-0.15, -0.1) is 0 Å². The lowest BCUT2D eigenvalue weighted by Crippen LogP contribution is -2.22. The number of benzene rings is 1. The summed E-state index contributed by atoms with van der Waals surface area (Å²) in [6.45, 7) is 2.22. The van der Waals surface area contributed by atoms with Crippen LogP contribution in [0.15, 0.2) is 24.3 Å². The normalized spacial score (nSPS) is 23.8. The van der Waals surface area contributed by atoms with Crippen LogP contribution in [0.3, 0.4) is 0 Å². The van der Waals surface area contributed by atoms with Crippen LogP contribution in [0, 0.1) is 5.92 Å². The lowest BCUT2D eigenvalue weighted by molar-refractivity contribution is 0.391. The topological polar surface area (TPSA) is 38.0 Å². The standard InChI is InChI=1S/C13H19ClN2/c14-12-5-3-11(4-6-12)13(15)10-2-1-8-16-9-7-10/h3-6,10,13,16H,1-2,7-9,15H2. The molecule has 0 bridgehead atoms. The fourth-order valence-electron chi connectivity index (χ4n) is 2.36. The first-order valence-corrected chi connectivity index (χ1v) is 6.37. The lowest BCUT2D eigenvalue weighted by atomic mass is 9.88. The van der Waals surface area contributed by atoms with Gasteiger partial charge < -0.3 is 11.1 Å². The van der Waals surface area contributed by atoms with E-state index in [1.807, 2.05) is 24.3 Å². The molecule has 16 heavy (non-hydrogen) atoms. The fraction of sp³-hybridized carbons (Fsp3) is 0.538. The van der Waals surface area contributed by atoms with Gasteiger partial charge in [-0.3, -0.25) is 0 Å². The van der Waals surface area contributed by atoms with Crippen molar-refractivity contribution in [1.29, 1.82) is 0 Å². The van der Waals surface area contributed by atoms with Gasteiger partial charge in [0, 0.05) is 11.1 Å². The third-order valence-corrected chi connectivity index (χ3v) is 3.64. The molecule has 1 aliphatic heterocycles. The number of nitrogens with two attached hydrogens (primary N) is 1. The van der Waals surface area contributed by atoms with Crippen LogP contribution in [0.2, 0.25) is 5.02 Å². The van der Waals surface area contributed by atoms with Gasteiger partial charge >= 0.3 is 0 Å². The minimum absolute atomic E-state index is 0.150. The first-order chi connectivity index (χ1) is 7.77. The Kier molecular flexibility index (Phi) is 4.22. The van der Waals surface area contributed by atoms with Crippen molar-refractivity contribution in [3.8, 4) is 0 Å². The van der Waals surface area contributed by atoms with Crippen LogP contribution < -0.4 is 11.1 Å². The highest BCUT2D eigenvalue weighted by Crippen LogP contribution is 2.28. The van der Waals surface area contributed by atoms with Gasteiger partial charge in [-0.2, -0.15) is 0 Å². The van der Waals surface area contributed by atoms with Gasteiger partial charge in [0.2, 0.25) is 0 Å². The molecule has 1 aliphatic rings. The summed E-state index contributed by atoms with van der Waals surface area (Å²) in [5, 5.41) is 4.19. The van der Waals surface area contributed by atoms with E-state index in [-0.39, 0.29) is 6.04 Å². The Balaban J connectivity index is 2.04. The molecule has 2 rings (SSSR count). The number of halogens is 1. The second-order valence-corrected chi connectivity index (χ2v) is 4.95. The maximum atomic E-state index is 6.32. The minimum atomic E-state index is 0.150. The number of hydrogen-bond donors (Lipinski definition) is 2. The predicted octanol–water partition coefficient (Wildman–Crippen LogP) is 2.73. The fourth-order valence-corrected chi connectivity index (χ4v) is 2.49. The summed E-state index contributed by atoms with van der Waals surface area (Å²) < 4.78 is 0. The SMILES string of the molecule is NC(c1ccc(Cl)cc1)C1CCCNCC1. The van der Waals surface area contributed by atoms with E-state index < -0.39 is 0 Å². The summed E-state index contributed by atoms with van der Waals surface area (Å²) in [5.74, 6) is 0.594. The first kappa shape index (κ1) is 11.9. The van der Waals surface area contributed by atoms with E-state index in [9.17, 15) is 0 Å². The summed E-state index contributed by atoms with van der Waals surface area (Å²) >= 11 is 5.88. The maximum absolute atomic E-state index is 6.32. The Morgan fingerprint density at radius 3 is 2.69 bits per heavy atom. The smallest absolute Gasteiger partial charge is 0.0406 e. The van der Waals surface area contributed by atoms with Crippen molar-refractivity contribution in [1.82, 2.24) is 5.32 Å². The van der Waals surface area contributed by atoms with Gasteiger partial charge in [-0.1, -0.05) is 23.7 Å². The Morgan fingerprint density at radius 2 is 1.94 bits per heavy atom. The molecule has 0 radical (unpaired) electrons. The molecule has 1 heterocycles. The van der Waals surface area contributed by atoms with Crippen molar-refractivity contribution >= 4 is 11.6 Å². The van der Waals surface area contributed by atoms with Crippen molar-refractivity contribution < 1.29 is 0 Å². The van der Waals surface area contributed by atoms with E-state index in [2.05, 4.69) is 5.32 Å². The summed E-state index contributed by atoms with van der Waals surface area (Å²) in [6.07, 6.45) is 3.62. The average molecular weight is 239 g/mol. The Morgan fingerprint density at radius 1 is 1.19 bits per heavy atom. The molecule has 2 nitrogen and oxygen atoms in total. The van der Waals surface area contributed by atoms with E-state index in [1.165, 1.54) is 24.8 Å². The summed E-state index contributed by atoms with van der Waals surface area (Å²) in [6, 6.07) is 8.09. The van der Waals surface area contributed by atoms with Gasteiger partial charge in [0.05, 0.1) is 0 Å². The van der Waals surface area contributed by atoms with Crippen LogP contribution in [0.25, 0.3) is 0 Å². The predicted molar refractivity (Wildman–Crippen MR) is 68.6 cm³/mol. The highest BCUT2D eigenvalue weighted by atomic mass is 35.5. The van der Waals surface area contributed by atoms with E-state index in [0.29, 0.717) is 5.92 Å². The van der Waals surface area contributed by atoms with Crippen molar-refractivity contribution in [2.24, 2.45) is 11.7 Å². The third-order valence-electron chi connectivity index (χ3n) is 3.38. The molecular formula is C13H19ClN2. The zero-order valence-corrected chi connectivity index (χ0v) is 10.2. The van der Waals surface area contributed by atoms with Crippen molar-refractivity contribution in [2.75, 3.05) is 13.1 Å². The molecule has 3 heteroatoms. The molecule has 1 aromatic carbocycles. The van der Waals surface area contributed by atoms with Crippen LogP contribution in [0.1, 0.15) is 30.9 Å². The molecule has 1 saturated heterocycles. The van der Waals surface area contributed by atoms with Gasteiger partial charge in [-0.25, -0.2) is 0 Å². The second kappa shape index (κ2) is 5.67. The van der Waals surface area contributed by atoms with Crippen molar-refractivity contribution in [3.05, 3.63) is 34.9 Å². The van der Waals surface area contributed by atoms with Crippen LogP contribution in [0.4, 0.5) is 0 Å². The summed E-state index contributed by atoms with van der Waals surface area (Å²) in [7, 11) is 0. The van der Waals surface area contributed by atoms with Crippen LogP contribution >= 0.6 is 11.6 Å². The maximum Gasteiger partial charge on any atom is 0.0406 e. The number of rotatable bonds is 2. The molecule has 0 saturated carbocycles. The minimum Gasteiger partial charge on any atom is -0.324 e.